The predicted octanol–water partition coefficient (Wildman–Crippen LogP) is 2.50. The van der Waals surface area contributed by atoms with Crippen molar-refractivity contribution in [1.82, 2.24) is 35.0 Å². The Balaban J connectivity index is 1.30. The van der Waals surface area contributed by atoms with Gasteiger partial charge in [-0.25, -0.2) is 4.98 Å². The van der Waals surface area contributed by atoms with Crippen LogP contribution in [0.4, 0.5) is 0 Å². The number of hydrogen-bond acceptors (Lipinski definition) is 5. The molecular weight excluding hydrogens is 418 g/mol. The number of fused-ring (bicyclic) bond motifs is 2. The van der Waals surface area contributed by atoms with Gasteiger partial charge in [0, 0.05) is 54.1 Å². The highest BCUT2D eigenvalue weighted by molar-refractivity contribution is 5.98. The minimum absolute atomic E-state index is 0.115. The molecule has 1 aliphatic rings. The third-order valence-corrected chi connectivity index (χ3v) is 6.06. The number of likely N-dealkylation sites (tertiary alicyclic amines) is 1. The second-order valence-electron chi connectivity index (χ2n) is 8.35. The SMILES string of the molecule is C=C(C)C(=O)N1CCCC1C(=O)NCCc1cc2c(-c3cnn4ncccc34)ccnc2[nH]1. The number of rotatable bonds is 6. The van der Waals surface area contributed by atoms with Crippen molar-refractivity contribution < 1.29 is 9.59 Å². The molecule has 0 spiro atoms. The van der Waals surface area contributed by atoms with E-state index in [1.807, 2.05) is 24.4 Å². The maximum absolute atomic E-state index is 12.7. The van der Waals surface area contributed by atoms with Crippen molar-refractivity contribution in [2.24, 2.45) is 0 Å². The molecule has 0 radical (unpaired) electrons. The first-order valence-electron chi connectivity index (χ1n) is 11.0. The van der Waals surface area contributed by atoms with E-state index in [0.717, 1.165) is 39.8 Å². The molecule has 9 nitrogen and oxygen atoms in total. The van der Waals surface area contributed by atoms with Gasteiger partial charge in [0.1, 0.15) is 11.7 Å². The highest BCUT2D eigenvalue weighted by Gasteiger charge is 2.33. The summed E-state index contributed by atoms with van der Waals surface area (Å²) in [6.45, 7) is 6.46. The first-order chi connectivity index (χ1) is 16.0. The van der Waals surface area contributed by atoms with Crippen molar-refractivity contribution in [2.45, 2.75) is 32.2 Å². The Morgan fingerprint density at radius 1 is 1.24 bits per heavy atom. The first-order valence-corrected chi connectivity index (χ1v) is 11.0. The van der Waals surface area contributed by atoms with Gasteiger partial charge in [-0.15, -0.1) is 0 Å². The lowest BCUT2D eigenvalue weighted by Gasteiger charge is -2.24. The normalized spacial score (nSPS) is 15.9. The molecule has 1 atom stereocenters. The van der Waals surface area contributed by atoms with Gasteiger partial charge >= 0.3 is 0 Å². The molecule has 2 amide bonds. The van der Waals surface area contributed by atoms with Crippen molar-refractivity contribution in [1.29, 1.82) is 0 Å². The van der Waals surface area contributed by atoms with E-state index in [2.05, 4.69) is 38.1 Å². The van der Waals surface area contributed by atoms with Crippen LogP contribution in [-0.2, 0) is 16.0 Å². The second kappa shape index (κ2) is 8.50. The maximum Gasteiger partial charge on any atom is 0.249 e. The summed E-state index contributed by atoms with van der Waals surface area (Å²) in [5.41, 5.74) is 5.14. The summed E-state index contributed by atoms with van der Waals surface area (Å²) < 4.78 is 1.61. The molecule has 33 heavy (non-hydrogen) atoms. The Kier molecular flexibility index (Phi) is 5.37. The lowest BCUT2D eigenvalue weighted by Crippen LogP contribution is -2.46. The molecule has 4 aromatic heterocycles. The van der Waals surface area contributed by atoms with E-state index in [4.69, 9.17) is 0 Å². The van der Waals surface area contributed by atoms with E-state index in [-0.39, 0.29) is 11.8 Å². The van der Waals surface area contributed by atoms with Gasteiger partial charge in [-0.05, 0) is 49.6 Å². The zero-order valence-corrected chi connectivity index (χ0v) is 18.4. The fourth-order valence-electron chi connectivity index (χ4n) is 4.46. The molecule has 168 valence electrons. The molecule has 2 N–H and O–H groups in total. The van der Waals surface area contributed by atoms with Crippen LogP contribution < -0.4 is 5.32 Å². The Bertz CT molecular complexity index is 1370. The zero-order valence-electron chi connectivity index (χ0n) is 18.4. The van der Waals surface area contributed by atoms with Crippen LogP contribution in [0.5, 0.6) is 0 Å². The summed E-state index contributed by atoms with van der Waals surface area (Å²) in [7, 11) is 0. The number of carbonyl (C=O) groups excluding carboxylic acids is 2. The number of carbonyl (C=O) groups is 2. The number of pyridine rings is 1. The van der Waals surface area contributed by atoms with Crippen LogP contribution in [-0.4, -0.2) is 60.6 Å². The molecule has 0 saturated carbocycles. The molecular formula is C24H25N7O2. The lowest BCUT2D eigenvalue weighted by molar-refractivity contribution is -0.135. The van der Waals surface area contributed by atoms with E-state index in [1.54, 1.807) is 28.8 Å². The van der Waals surface area contributed by atoms with Crippen molar-refractivity contribution in [3.05, 3.63) is 60.7 Å². The number of aromatic nitrogens is 5. The molecule has 0 aromatic carbocycles. The highest BCUT2D eigenvalue weighted by atomic mass is 16.2. The molecule has 1 aliphatic heterocycles. The average molecular weight is 444 g/mol. The van der Waals surface area contributed by atoms with Gasteiger partial charge in [0.2, 0.25) is 11.8 Å². The van der Waals surface area contributed by atoms with Gasteiger partial charge in [-0.1, -0.05) is 6.58 Å². The smallest absolute Gasteiger partial charge is 0.249 e. The number of aromatic amines is 1. The minimum Gasteiger partial charge on any atom is -0.354 e. The van der Waals surface area contributed by atoms with Crippen LogP contribution in [0, 0.1) is 0 Å². The van der Waals surface area contributed by atoms with E-state index in [0.29, 0.717) is 31.5 Å². The van der Waals surface area contributed by atoms with Gasteiger partial charge < -0.3 is 15.2 Å². The predicted molar refractivity (Wildman–Crippen MR) is 124 cm³/mol. The highest BCUT2D eigenvalue weighted by Crippen LogP contribution is 2.30. The van der Waals surface area contributed by atoms with Crippen LogP contribution in [0.25, 0.3) is 27.7 Å². The van der Waals surface area contributed by atoms with E-state index < -0.39 is 6.04 Å². The van der Waals surface area contributed by atoms with E-state index in [9.17, 15) is 9.59 Å². The maximum atomic E-state index is 12.7. The molecule has 5 rings (SSSR count). The van der Waals surface area contributed by atoms with Crippen LogP contribution in [0.3, 0.4) is 0 Å². The minimum atomic E-state index is -0.422. The molecule has 5 heterocycles. The van der Waals surface area contributed by atoms with Crippen molar-refractivity contribution in [3.63, 3.8) is 0 Å². The molecule has 4 aromatic rings. The number of H-pyrrole nitrogens is 1. The lowest BCUT2D eigenvalue weighted by atomic mass is 10.1. The summed E-state index contributed by atoms with van der Waals surface area (Å²) in [6.07, 6.45) is 7.41. The summed E-state index contributed by atoms with van der Waals surface area (Å²) in [5, 5.41) is 12.6. The molecule has 0 bridgehead atoms. The fourth-order valence-corrected chi connectivity index (χ4v) is 4.46. The topological polar surface area (TPSA) is 108 Å². The number of amides is 2. The Hall–Kier alpha value is -4.01. The van der Waals surface area contributed by atoms with Crippen molar-refractivity contribution >= 4 is 28.4 Å². The third kappa shape index (κ3) is 3.86. The van der Waals surface area contributed by atoms with E-state index in [1.165, 1.54) is 0 Å². The van der Waals surface area contributed by atoms with Crippen LogP contribution in [0.2, 0.25) is 0 Å². The molecule has 1 fully saturated rings. The second-order valence-corrected chi connectivity index (χ2v) is 8.35. The third-order valence-electron chi connectivity index (χ3n) is 6.06. The van der Waals surface area contributed by atoms with Crippen LogP contribution in [0.1, 0.15) is 25.5 Å². The standard InChI is InChI=1S/C24H25N7O2/c1-15(2)24(33)30-12-4-6-21(30)23(32)26-10-7-16-13-18-17(8-11-25-22(18)29-16)19-14-28-31-20(19)5-3-9-27-31/h3,5,8-9,11,13-14,21H,1,4,6-7,10,12H2,2H3,(H,25,29)(H,26,32). The first kappa shape index (κ1) is 20.9. The zero-order chi connectivity index (χ0) is 22.9. The molecule has 9 heteroatoms. The van der Waals surface area contributed by atoms with Gasteiger partial charge in [0.05, 0.1) is 11.7 Å². The summed E-state index contributed by atoms with van der Waals surface area (Å²) >= 11 is 0. The van der Waals surface area contributed by atoms with E-state index >= 15 is 0 Å². The van der Waals surface area contributed by atoms with Crippen LogP contribution in [0.15, 0.2) is 55.0 Å². The quantitative estimate of drug-likeness (QED) is 0.445. The Morgan fingerprint density at radius 2 is 2.12 bits per heavy atom. The summed E-state index contributed by atoms with van der Waals surface area (Å²) in [5.74, 6) is -0.263. The largest absolute Gasteiger partial charge is 0.354 e. The van der Waals surface area contributed by atoms with Crippen molar-refractivity contribution in [3.8, 4) is 11.1 Å². The fraction of sp³-hybridized carbons (Fsp3) is 0.292. The summed E-state index contributed by atoms with van der Waals surface area (Å²) in [6, 6.07) is 7.49. The van der Waals surface area contributed by atoms with Gasteiger partial charge in [-0.2, -0.15) is 14.8 Å². The molecule has 1 unspecified atom stereocenters. The Morgan fingerprint density at radius 3 is 2.97 bits per heavy atom. The monoisotopic (exact) mass is 443 g/mol. The number of hydrogen-bond donors (Lipinski definition) is 2. The number of nitrogens with zero attached hydrogens (tertiary/aromatic N) is 5. The molecule has 1 saturated heterocycles. The average Bonchev–Trinajstić information content (AvgIpc) is 3.55. The summed E-state index contributed by atoms with van der Waals surface area (Å²) in [4.78, 5) is 34.4. The van der Waals surface area contributed by atoms with Gasteiger partial charge in [-0.3, -0.25) is 9.59 Å². The van der Waals surface area contributed by atoms with Crippen molar-refractivity contribution in [2.75, 3.05) is 13.1 Å². The Labute approximate surface area is 190 Å². The van der Waals surface area contributed by atoms with Crippen LogP contribution >= 0.6 is 0 Å². The van der Waals surface area contributed by atoms with Gasteiger partial charge in [0.25, 0.3) is 0 Å². The molecule has 0 aliphatic carbocycles. The van der Waals surface area contributed by atoms with Gasteiger partial charge in [0.15, 0.2) is 0 Å². The number of nitrogens with one attached hydrogen (secondary N) is 2.